The van der Waals surface area contributed by atoms with Gasteiger partial charge in [-0.15, -0.1) is 0 Å². The first-order chi connectivity index (χ1) is 8.17. The van der Waals surface area contributed by atoms with Crippen LogP contribution in [-0.4, -0.2) is 67.8 Å². The molecule has 0 aliphatic carbocycles. The number of nitrogens with two attached hydrogens (primary N) is 1. The Morgan fingerprint density at radius 1 is 1.47 bits per heavy atom. The summed E-state index contributed by atoms with van der Waals surface area (Å²) in [5.41, 5.74) is 5.56. The van der Waals surface area contributed by atoms with Crippen molar-refractivity contribution in [1.29, 1.82) is 0 Å². The van der Waals surface area contributed by atoms with Crippen molar-refractivity contribution in [3.05, 3.63) is 0 Å². The van der Waals surface area contributed by atoms with Crippen LogP contribution >= 0.6 is 0 Å². The Morgan fingerprint density at radius 3 is 2.82 bits per heavy atom. The first kappa shape index (κ1) is 14.9. The van der Waals surface area contributed by atoms with Crippen LogP contribution < -0.4 is 5.73 Å². The number of ether oxygens (including phenoxy) is 1. The van der Waals surface area contributed by atoms with Crippen molar-refractivity contribution in [3.8, 4) is 0 Å². The summed E-state index contributed by atoms with van der Waals surface area (Å²) in [6.45, 7) is 13.7. The lowest BCUT2D eigenvalue weighted by molar-refractivity contribution is -0.0516. The summed E-state index contributed by atoms with van der Waals surface area (Å²) in [7, 11) is 0. The Balaban J connectivity index is 2.33. The minimum absolute atomic E-state index is 0.365. The van der Waals surface area contributed by atoms with Gasteiger partial charge in [0.2, 0.25) is 0 Å². The van der Waals surface area contributed by atoms with Gasteiger partial charge >= 0.3 is 0 Å². The number of morpholine rings is 1. The van der Waals surface area contributed by atoms with Gasteiger partial charge in [-0.3, -0.25) is 4.90 Å². The largest absolute Gasteiger partial charge is 0.374 e. The molecule has 0 aromatic carbocycles. The second-order valence-electron chi connectivity index (χ2n) is 5.12. The molecule has 0 spiro atoms. The summed E-state index contributed by atoms with van der Waals surface area (Å²) < 4.78 is 5.86. The van der Waals surface area contributed by atoms with Gasteiger partial charge in [-0.05, 0) is 39.9 Å². The third kappa shape index (κ3) is 5.34. The molecule has 102 valence electrons. The Morgan fingerprint density at radius 2 is 2.24 bits per heavy atom. The van der Waals surface area contributed by atoms with Gasteiger partial charge in [0.05, 0.1) is 12.7 Å². The summed E-state index contributed by atoms with van der Waals surface area (Å²) in [4.78, 5) is 4.95. The van der Waals surface area contributed by atoms with Crippen LogP contribution in [0.25, 0.3) is 0 Å². The fraction of sp³-hybridized carbons (Fsp3) is 1.00. The molecule has 1 rings (SSSR count). The van der Waals surface area contributed by atoms with E-state index in [1.165, 1.54) is 0 Å². The second kappa shape index (κ2) is 8.03. The van der Waals surface area contributed by atoms with Crippen LogP contribution in [0.5, 0.6) is 0 Å². The zero-order chi connectivity index (χ0) is 12.7. The average molecular weight is 243 g/mol. The summed E-state index contributed by atoms with van der Waals surface area (Å²) in [5, 5.41) is 0. The van der Waals surface area contributed by atoms with Gasteiger partial charge in [-0.25, -0.2) is 0 Å². The van der Waals surface area contributed by atoms with Gasteiger partial charge in [0.1, 0.15) is 0 Å². The third-order valence-corrected chi connectivity index (χ3v) is 3.49. The molecule has 0 saturated carbocycles. The summed E-state index contributed by atoms with van der Waals surface area (Å²) in [6, 6.07) is 0.625. The molecule has 0 bridgehead atoms. The number of rotatable bonds is 7. The number of hydrogen-bond donors (Lipinski definition) is 1. The van der Waals surface area contributed by atoms with Crippen molar-refractivity contribution in [2.45, 2.75) is 39.3 Å². The van der Waals surface area contributed by atoms with E-state index in [-0.39, 0.29) is 0 Å². The predicted octanol–water partition coefficient (Wildman–Crippen LogP) is 0.766. The van der Waals surface area contributed by atoms with Crippen LogP contribution in [0.2, 0.25) is 0 Å². The van der Waals surface area contributed by atoms with Crippen LogP contribution in [-0.2, 0) is 4.74 Å². The van der Waals surface area contributed by atoms with Gasteiger partial charge < -0.3 is 15.4 Å². The van der Waals surface area contributed by atoms with Gasteiger partial charge in [0.25, 0.3) is 0 Å². The van der Waals surface area contributed by atoms with E-state index in [1.54, 1.807) is 0 Å². The minimum Gasteiger partial charge on any atom is -0.374 e. The van der Waals surface area contributed by atoms with Gasteiger partial charge in [0, 0.05) is 25.7 Å². The standard InChI is InChI=1S/C13H29N3O/c1-4-15(7-5-6-14)10-13-11-16(12(2)3)8-9-17-13/h12-13H,4-11,14H2,1-3H3. The summed E-state index contributed by atoms with van der Waals surface area (Å²) in [6.07, 6.45) is 1.44. The maximum atomic E-state index is 5.86. The highest BCUT2D eigenvalue weighted by Gasteiger charge is 2.23. The zero-order valence-electron chi connectivity index (χ0n) is 11.7. The molecule has 1 heterocycles. The van der Waals surface area contributed by atoms with Crippen molar-refractivity contribution in [1.82, 2.24) is 9.80 Å². The number of likely N-dealkylation sites (N-methyl/N-ethyl adjacent to an activating group) is 1. The molecule has 0 radical (unpaired) electrons. The van der Waals surface area contributed by atoms with Crippen LogP contribution in [0.3, 0.4) is 0 Å². The van der Waals surface area contributed by atoms with Gasteiger partial charge in [0.15, 0.2) is 0 Å². The van der Waals surface area contributed by atoms with E-state index in [2.05, 4.69) is 30.6 Å². The molecule has 4 nitrogen and oxygen atoms in total. The topological polar surface area (TPSA) is 41.7 Å². The summed E-state index contributed by atoms with van der Waals surface area (Å²) >= 11 is 0. The van der Waals surface area contributed by atoms with Crippen LogP contribution in [0, 0.1) is 0 Å². The molecular weight excluding hydrogens is 214 g/mol. The van der Waals surface area contributed by atoms with E-state index in [1.807, 2.05) is 0 Å². The lowest BCUT2D eigenvalue weighted by Gasteiger charge is -2.37. The Kier molecular flexibility index (Phi) is 7.04. The maximum absolute atomic E-state index is 5.86. The van der Waals surface area contributed by atoms with E-state index < -0.39 is 0 Å². The quantitative estimate of drug-likeness (QED) is 0.717. The van der Waals surface area contributed by atoms with Crippen molar-refractivity contribution >= 4 is 0 Å². The smallest absolute Gasteiger partial charge is 0.0829 e. The Bertz CT molecular complexity index is 199. The fourth-order valence-corrected chi connectivity index (χ4v) is 2.30. The molecule has 0 amide bonds. The molecule has 0 aromatic heterocycles. The average Bonchev–Trinajstić information content (AvgIpc) is 2.34. The van der Waals surface area contributed by atoms with Crippen molar-refractivity contribution < 1.29 is 4.74 Å². The Labute approximate surface area is 106 Å². The molecule has 1 aliphatic heterocycles. The number of hydrogen-bond acceptors (Lipinski definition) is 4. The molecule has 1 unspecified atom stereocenters. The minimum atomic E-state index is 0.365. The molecule has 17 heavy (non-hydrogen) atoms. The Hall–Kier alpha value is -0.160. The molecule has 1 fully saturated rings. The fourth-order valence-electron chi connectivity index (χ4n) is 2.30. The molecule has 2 N–H and O–H groups in total. The third-order valence-electron chi connectivity index (χ3n) is 3.49. The molecule has 0 aromatic rings. The molecule has 1 saturated heterocycles. The lowest BCUT2D eigenvalue weighted by Crippen LogP contribution is -2.49. The normalized spacial score (nSPS) is 22.6. The van der Waals surface area contributed by atoms with Crippen molar-refractivity contribution in [2.75, 3.05) is 45.9 Å². The van der Waals surface area contributed by atoms with E-state index in [0.29, 0.717) is 12.1 Å². The monoisotopic (exact) mass is 243 g/mol. The number of nitrogens with zero attached hydrogens (tertiary/aromatic N) is 2. The zero-order valence-corrected chi connectivity index (χ0v) is 11.7. The van der Waals surface area contributed by atoms with Gasteiger partial charge in [-0.1, -0.05) is 6.92 Å². The lowest BCUT2D eigenvalue weighted by atomic mass is 10.2. The first-order valence-corrected chi connectivity index (χ1v) is 6.95. The van der Waals surface area contributed by atoms with E-state index in [4.69, 9.17) is 10.5 Å². The van der Waals surface area contributed by atoms with Crippen molar-refractivity contribution in [2.24, 2.45) is 5.73 Å². The molecule has 1 atom stereocenters. The first-order valence-electron chi connectivity index (χ1n) is 6.95. The molecule has 1 aliphatic rings. The highest BCUT2D eigenvalue weighted by atomic mass is 16.5. The highest BCUT2D eigenvalue weighted by Crippen LogP contribution is 2.10. The van der Waals surface area contributed by atoms with E-state index >= 15 is 0 Å². The summed E-state index contributed by atoms with van der Waals surface area (Å²) in [5.74, 6) is 0. The van der Waals surface area contributed by atoms with Gasteiger partial charge in [-0.2, -0.15) is 0 Å². The molecular formula is C13H29N3O. The van der Waals surface area contributed by atoms with Crippen LogP contribution in [0.1, 0.15) is 27.2 Å². The predicted molar refractivity (Wildman–Crippen MR) is 72.2 cm³/mol. The SMILES string of the molecule is CCN(CCCN)CC1CN(C(C)C)CCO1. The van der Waals surface area contributed by atoms with Crippen molar-refractivity contribution in [3.63, 3.8) is 0 Å². The molecule has 4 heteroatoms. The second-order valence-corrected chi connectivity index (χ2v) is 5.12. The highest BCUT2D eigenvalue weighted by molar-refractivity contribution is 4.76. The van der Waals surface area contributed by atoms with Crippen LogP contribution in [0.15, 0.2) is 0 Å². The van der Waals surface area contributed by atoms with E-state index in [9.17, 15) is 0 Å². The van der Waals surface area contributed by atoms with E-state index in [0.717, 1.165) is 52.3 Å². The van der Waals surface area contributed by atoms with Crippen LogP contribution in [0.4, 0.5) is 0 Å². The maximum Gasteiger partial charge on any atom is 0.0829 e.